The van der Waals surface area contributed by atoms with E-state index in [4.69, 9.17) is 13.6 Å². The maximum absolute atomic E-state index is 7.26. The van der Waals surface area contributed by atoms with E-state index in [1.807, 2.05) is 0 Å². The van der Waals surface area contributed by atoms with Crippen molar-refractivity contribution in [1.29, 1.82) is 0 Å². The number of ether oxygens (including phenoxy) is 1. The topological polar surface area (TPSA) is 31.0 Å². The van der Waals surface area contributed by atoms with Gasteiger partial charge in [-0.1, -0.05) is 82.6 Å². The van der Waals surface area contributed by atoms with E-state index in [-0.39, 0.29) is 17.8 Å². The first-order valence-electron chi connectivity index (χ1n) is 12.9. The van der Waals surface area contributed by atoms with Crippen LogP contribution in [0.25, 0.3) is 0 Å². The Hall–Kier alpha value is 0.314. The van der Waals surface area contributed by atoms with Gasteiger partial charge in [0, 0.05) is 5.92 Å². The van der Waals surface area contributed by atoms with Gasteiger partial charge in [0.25, 0.3) is 0 Å². The molecular formula is C25H54O3Si2. The van der Waals surface area contributed by atoms with Crippen LogP contribution in [0.4, 0.5) is 0 Å². The summed E-state index contributed by atoms with van der Waals surface area (Å²) in [6.45, 7) is 28.9. The summed E-state index contributed by atoms with van der Waals surface area (Å²) in [6, 6.07) is 3.59. The van der Waals surface area contributed by atoms with Gasteiger partial charge in [0.2, 0.25) is 8.32 Å². The summed E-state index contributed by atoms with van der Waals surface area (Å²) in [7, 11) is -3.48. The smallest absolute Gasteiger partial charge is 0.200 e. The Bertz CT molecular complexity index is 475. The van der Waals surface area contributed by atoms with Crippen LogP contribution >= 0.6 is 0 Å². The first-order valence-corrected chi connectivity index (χ1v) is 17.6. The third kappa shape index (κ3) is 6.00. The Balaban J connectivity index is 2.96. The molecule has 0 amide bonds. The average Bonchev–Trinajstić information content (AvgIpc) is 3.37. The lowest BCUT2D eigenvalue weighted by molar-refractivity contribution is 0.0941. The molecule has 1 rings (SSSR count). The monoisotopic (exact) mass is 458 g/mol. The summed E-state index contributed by atoms with van der Waals surface area (Å²) in [5, 5.41) is 0. The minimum absolute atomic E-state index is 0.135. The lowest BCUT2D eigenvalue weighted by Crippen LogP contribution is -2.52. The van der Waals surface area contributed by atoms with Gasteiger partial charge in [-0.05, 0) is 48.1 Å². The van der Waals surface area contributed by atoms with Crippen molar-refractivity contribution in [2.45, 2.75) is 148 Å². The maximum Gasteiger partial charge on any atom is 0.200 e. The number of rotatable bonds is 15. The van der Waals surface area contributed by atoms with Gasteiger partial charge >= 0.3 is 0 Å². The quantitative estimate of drug-likeness (QED) is 0.183. The molecule has 1 fully saturated rings. The maximum atomic E-state index is 7.26. The van der Waals surface area contributed by atoms with E-state index >= 15 is 0 Å². The number of hydrogen-bond acceptors (Lipinski definition) is 3. The molecule has 30 heavy (non-hydrogen) atoms. The summed E-state index contributed by atoms with van der Waals surface area (Å²) >= 11 is 0. The van der Waals surface area contributed by atoms with Gasteiger partial charge in [-0.3, -0.25) is 0 Å². The van der Waals surface area contributed by atoms with Crippen molar-refractivity contribution in [1.82, 2.24) is 0 Å². The van der Waals surface area contributed by atoms with Crippen LogP contribution in [-0.2, 0) is 13.6 Å². The Morgan fingerprint density at radius 1 is 0.833 bits per heavy atom. The SMILES string of the molecule is CCC[C@@H](O[Si](C(C)C)(C(C)C)C(C)C)[C@H](C)[C@@H]1O[C@@]1(C)CO[Si](CC)(CC)CC. The van der Waals surface area contributed by atoms with Gasteiger partial charge < -0.3 is 13.6 Å². The van der Waals surface area contributed by atoms with Crippen molar-refractivity contribution in [3.05, 3.63) is 0 Å². The molecule has 180 valence electrons. The Morgan fingerprint density at radius 3 is 1.67 bits per heavy atom. The van der Waals surface area contributed by atoms with Gasteiger partial charge in [0.05, 0.1) is 18.8 Å². The molecule has 1 heterocycles. The van der Waals surface area contributed by atoms with Crippen molar-refractivity contribution in [3.63, 3.8) is 0 Å². The Labute approximate surface area is 191 Å². The predicted octanol–water partition coefficient (Wildman–Crippen LogP) is 8.16. The van der Waals surface area contributed by atoms with Crippen LogP contribution in [0.5, 0.6) is 0 Å². The molecule has 0 aromatic rings. The third-order valence-corrected chi connectivity index (χ3v) is 19.0. The predicted molar refractivity (Wildman–Crippen MR) is 136 cm³/mol. The zero-order valence-electron chi connectivity index (χ0n) is 22.4. The Morgan fingerprint density at radius 2 is 1.30 bits per heavy atom. The van der Waals surface area contributed by atoms with Crippen molar-refractivity contribution >= 4 is 16.6 Å². The molecule has 1 saturated heterocycles. The highest BCUT2D eigenvalue weighted by molar-refractivity contribution is 6.77. The summed E-state index contributed by atoms with van der Waals surface area (Å²) < 4.78 is 20.2. The average molecular weight is 459 g/mol. The summed E-state index contributed by atoms with van der Waals surface area (Å²) in [5.74, 6) is 0.405. The molecular weight excluding hydrogens is 404 g/mol. The van der Waals surface area contributed by atoms with E-state index in [1.54, 1.807) is 0 Å². The molecule has 4 atom stereocenters. The van der Waals surface area contributed by atoms with E-state index in [0.29, 0.717) is 22.5 Å². The van der Waals surface area contributed by atoms with E-state index in [1.165, 1.54) is 18.1 Å². The van der Waals surface area contributed by atoms with Crippen molar-refractivity contribution in [3.8, 4) is 0 Å². The van der Waals surface area contributed by atoms with E-state index in [0.717, 1.165) is 19.4 Å². The van der Waals surface area contributed by atoms with Gasteiger partial charge in [-0.25, -0.2) is 0 Å². The first kappa shape index (κ1) is 28.3. The normalized spacial score (nSPS) is 24.7. The molecule has 1 aliphatic rings. The molecule has 0 saturated carbocycles. The standard InChI is InChI=1S/C25H54O3Si2/c1-13-17-23(28-30(19(5)6,20(7)8)21(9)10)22(11)24-25(12,27-24)18-26-29(14-2,15-3)16-4/h19-24H,13-18H2,1-12H3/t22-,23+,24-,25-/m0/s1. The molecule has 0 aliphatic carbocycles. The molecule has 0 radical (unpaired) electrons. The molecule has 0 aromatic heterocycles. The molecule has 5 heteroatoms. The van der Waals surface area contributed by atoms with Gasteiger partial charge in [-0.15, -0.1) is 0 Å². The molecule has 3 nitrogen and oxygen atoms in total. The zero-order chi connectivity index (χ0) is 23.3. The highest BCUT2D eigenvalue weighted by Gasteiger charge is 2.58. The van der Waals surface area contributed by atoms with Crippen molar-refractivity contribution in [2.75, 3.05) is 6.61 Å². The fourth-order valence-corrected chi connectivity index (χ4v) is 14.3. The van der Waals surface area contributed by atoms with Crippen LogP contribution in [0.3, 0.4) is 0 Å². The van der Waals surface area contributed by atoms with Crippen molar-refractivity contribution < 1.29 is 13.6 Å². The lowest BCUT2D eigenvalue weighted by atomic mass is 9.91. The molecule has 0 bridgehead atoms. The van der Waals surface area contributed by atoms with E-state index < -0.39 is 16.6 Å². The highest BCUT2D eigenvalue weighted by atomic mass is 28.4. The lowest BCUT2D eigenvalue weighted by Gasteiger charge is -2.46. The Kier molecular flexibility index (Phi) is 10.8. The summed E-state index contributed by atoms with van der Waals surface area (Å²) in [5.41, 5.74) is 1.71. The van der Waals surface area contributed by atoms with Gasteiger partial charge in [-0.2, -0.15) is 0 Å². The molecule has 0 aromatic carbocycles. The zero-order valence-corrected chi connectivity index (χ0v) is 24.4. The van der Waals surface area contributed by atoms with Crippen LogP contribution in [0.1, 0.15) is 95.9 Å². The molecule has 1 aliphatic heterocycles. The van der Waals surface area contributed by atoms with Crippen LogP contribution in [0.15, 0.2) is 0 Å². The van der Waals surface area contributed by atoms with Gasteiger partial charge in [0.1, 0.15) is 5.60 Å². The van der Waals surface area contributed by atoms with Gasteiger partial charge in [0.15, 0.2) is 8.32 Å². The summed E-state index contributed by atoms with van der Waals surface area (Å²) in [6.07, 6.45) is 2.82. The van der Waals surface area contributed by atoms with Crippen LogP contribution in [-0.4, -0.2) is 41.1 Å². The minimum atomic E-state index is -1.90. The second-order valence-corrected chi connectivity index (χ2v) is 21.2. The minimum Gasteiger partial charge on any atom is -0.414 e. The van der Waals surface area contributed by atoms with Crippen LogP contribution in [0.2, 0.25) is 34.8 Å². The number of epoxide rings is 1. The third-order valence-electron chi connectivity index (χ3n) is 8.24. The molecule has 0 spiro atoms. The van der Waals surface area contributed by atoms with Crippen LogP contribution in [0, 0.1) is 5.92 Å². The largest absolute Gasteiger partial charge is 0.414 e. The van der Waals surface area contributed by atoms with E-state index in [2.05, 4.69) is 83.1 Å². The van der Waals surface area contributed by atoms with E-state index in [9.17, 15) is 0 Å². The second-order valence-electron chi connectivity index (χ2n) is 11.0. The first-order chi connectivity index (χ1) is 13.9. The number of hydrogen-bond donors (Lipinski definition) is 0. The molecule has 0 N–H and O–H groups in total. The fourth-order valence-electron chi connectivity index (χ4n) is 5.97. The fraction of sp³-hybridized carbons (Fsp3) is 1.00. The summed E-state index contributed by atoms with van der Waals surface area (Å²) in [4.78, 5) is 0. The van der Waals surface area contributed by atoms with Crippen LogP contribution < -0.4 is 0 Å². The highest BCUT2D eigenvalue weighted by Crippen LogP contribution is 2.48. The second kappa shape index (κ2) is 11.4. The van der Waals surface area contributed by atoms with Crippen molar-refractivity contribution in [2.24, 2.45) is 5.92 Å². The molecule has 0 unspecified atom stereocenters.